The van der Waals surface area contributed by atoms with Crippen LogP contribution in [0.4, 0.5) is 22.7 Å². The van der Waals surface area contributed by atoms with Gasteiger partial charge in [0.15, 0.2) is 0 Å². The van der Waals surface area contributed by atoms with Crippen molar-refractivity contribution in [3.63, 3.8) is 0 Å². The molecule has 0 aromatic heterocycles. The van der Waals surface area contributed by atoms with Crippen LogP contribution in [0, 0.1) is 59.2 Å². The fourth-order valence-corrected chi connectivity index (χ4v) is 17.9. The van der Waals surface area contributed by atoms with Crippen molar-refractivity contribution in [1.29, 1.82) is 0 Å². The number of anilines is 4. The number of nitrogens with one attached hydrogen (secondary N) is 4. The molecule has 0 radical (unpaired) electrons. The molecule has 14 unspecified atom stereocenters. The summed E-state index contributed by atoms with van der Waals surface area (Å²) in [5.41, 5.74) is 14.9. The molecule has 20 rings (SSSR count). The van der Waals surface area contributed by atoms with E-state index in [1.807, 2.05) is 0 Å². The Morgan fingerprint density at radius 1 is 0.423 bits per heavy atom. The number of benzene rings is 4. The van der Waals surface area contributed by atoms with Crippen LogP contribution in [-0.2, 0) is 23.9 Å². The van der Waals surface area contributed by atoms with Gasteiger partial charge in [-0.15, -0.1) is 0 Å². The highest BCUT2D eigenvalue weighted by molar-refractivity contribution is 5.71. The summed E-state index contributed by atoms with van der Waals surface area (Å²) in [5, 5.41) is 17.5. The first-order valence-corrected chi connectivity index (χ1v) is 21.1. The molecule has 4 spiro atoms. The summed E-state index contributed by atoms with van der Waals surface area (Å²) in [5.74, 6) is 7.92. The van der Waals surface area contributed by atoms with Crippen molar-refractivity contribution in [3.05, 3.63) is 118 Å². The molecule has 14 atom stereocenters. The van der Waals surface area contributed by atoms with Gasteiger partial charge in [0.2, 0.25) is 0 Å². The summed E-state index contributed by atoms with van der Waals surface area (Å²) in [7, 11) is 0. The van der Waals surface area contributed by atoms with Crippen LogP contribution in [-0.4, -0.2) is 11.1 Å². The van der Waals surface area contributed by atoms with Crippen LogP contribution in [0.2, 0.25) is 0 Å². The molecular weight excluding hydrogens is 633 g/mol. The van der Waals surface area contributed by atoms with Crippen LogP contribution in [0.15, 0.2) is 84.9 Å². The summed E-state index contributed by atoms with van der Waals surface area (Å²) >= 11 is 0. The molecule has 8 aliphatic carbocycles. The van der Waals surface area contributed by atoms with Gasteiger partial charge >= 0.3 is 0 Å². The Labute approximate surface area is 306 Å². The molecule has 16 aliphatic rings. The lowest BCUT2D eigenvalue weighted by Crippen LogP contribution is -2.54. The van der Waals surface area contributed by atoms with Crippen molar-refractivity contribution in [3.8, 4) is 0 Å². The Hall–Kier alpha value is -3.92. The Kier molecular flexibility index (Phi) is 4.55. The van der Waals surface area contributed by atoms with E-state index in [-0.39, 0.29) is 22.2 Å². The second kappa shape index (κ2) is 8.56. The zero-order chi connectivity index (χ0) is 33.3. The molecule has 4 aromatic rings. The van der Waals surface area contributed by atoms with E-state index < -0.39 is 0 Å². The smallest absolute Gasteiger partial charge is 0.0730 e. The predicted molar refractivity (Wildman–Crippen MR) is 207 cm³/mol. The Bertz CT molecular complexity index is 2270. The maximum atomic E-state index is 4.42. The van der Waals surface area contributed by atoms with Gasteiger partial charge in [-0.2, -0.15) is 0 Å². The third-order valence-corrected chi connectivity index (χ3v) is 18.8. The first-order valence-electron chi connectivity index (χ1n) is 21.1. The second-order valence-electron chi connectivity index (χ2n) is 20.1. The highest BCUT2D eigenvalue weighted by Crippen LogP contribution is 2.81. The normalized spacial score (nSPS) is 47.0. The molecule has 4 nitrogen and oxygen atoms in total. The zero-order valence-corrected chi connectivity index (χ0v) is 29.9. The van der Waals surface area contributed by atoms with E-state index in [9.17, 15) is 0 Å². The molecular formula is C48H48N4. The fourth-order valence-electron chi connectivity index (χ4n) is 17.9. The molecule has 8 heterocycles. The summed E-state index contributed by atoms with van der Waals surface area (Å²) < 4.78 is 0. The van der Waals surface area contributed by atoms with Gasteiger partial charge < -0.3 is 21.3 Å². The molecule has 8 fully saturated rings. The van der Waals surface area contributed by atoms with E-state index in [2.05, 4.69) is 106 Å². The average molecular weight is 681 g/mol. The van der Waals surface area contributed by atoms with Crippen molar-refractivity contribution < 1.29 is 0 Å². The molecule has 4 aromatic carbocycles. The standard InChI is InChI=1S/C48H48N4/c1-7-33-8-2-25(1)17-27-6-12-37-36(19-27)48(40-24-32-22-30-13-15-45(40,51-37)42(30)44(32)48)50-34-9-3-26(4-10-34)18-28-5-11-35-38(20-28)52-46-16-14-29-21-31-23-39(46)47(35,49-33)43(31)41(29)46/h1-12,19-20,29-32,39-44,49-52H,13-18,21-24H2. The molecule has 0 saturated heterocycles. The van der Waals surface area contributed by atoms with Crippen LogP contribution in [0.25, 0.3) is 0 Å². The van der Waals surface area contributed by atoms with E-state index in [4.69, 9.17) is 0 Å². The van der Waals surface area contributed by atoms with Gasteiger partial charge in [-0.3, -0.25) is 0 Å². The summed E-state index contributed by atoms with van der Waals surface area (Å²) in [6, 6.07) is 34.5. The zero-order valence-electron chi connectivity index (χ0n) is 29.9. The largest absolute Gasteiger partial charge is 0.379 e. The molecule has 8 aliphatic heterocycles. The number of hydrogen-bond donors (Lipinski definition) is 4. The first-order chi connectivity index (χ1) is 25.6. The molecule has 260 valence electrons. The Morgan fingerprint density at radius 3 is 1.56 bits per heavy atom. The van der Waals surface area contributed by atoms with Gasteiger partial charge in [0.05, 0.1) is 11.1 Å². The lowest BCUT2D eigenvalue weighted by molar-refractivity contribution is 0.218. The Balaban J connectivity index is 0.902. The molecule has 8 saturated carbocycles. The van der Waals surface area contributed by atoms with Crippen LogP contribution in [0.5, 0.6) is 0 Å². The van der Waals surface area contributed by atoms with Gasteiger partial charge in [0.25, 0.3) is 0 Å². The fraction of sp³-hybridized carbons (Fsp3) is 0.500. The van der Waals surface area contributed by atoms with Crippen molar-refractivity contribution in [2.45, 2.75) is 86.4 Å². The summed E-state index contributed by atoms with van der Waals surface area (Å²) in [4.78, 5) is 0. The second-order valence-corrected chi connectivity index (χ2v) is 20.1. The lowest BCUT2D eigenvalue weighted by Gasteiger charge is -2.49. The monoisotopic (exact) mass is 680 g/mol. The highest BCUT2D eigenvalue weighted by Gasteiger charge is 2.82. The predicted octanol–water partition coefficient (Wildman–Crippen LogP) is 9.52. The summed E-state index contributed by atoms with van der Waals surface area (Å²) in [6.07, 6.45) is 13.2. The Morgan fingerprint density at radius 2 is 0.942 bits per heavy atom. The van der Waals surface area contributed by atoms with Crippen molar-refractivity contribution in [2.24, 2.45) is 59.2 Å². The van der Waals surface area contributed by atoms with E-state index in [1.54, 1.807) is 11.1 Å². The van der Waals surface area contributed by atoms with E-state index >= 15 is 0 Å². The van der Waals surface area contributed by atoms with Crippen LogP contribution >= 0.6 is 0 Å². The molecule has 4 N–H and O–H groups in total. The number of rotatable bonds is 0. The van der Waals surface area contributed by atoms with Gasteiger partial charge in [-0.1, -0.05) is 48.5 Å². The lowest BCUT2D eigenvalue weighted by atomic mass is 9.70. The van der Waals surface area contributed by atoms with Gasteiger partial charge in [-0.25, -0.2) is 0 Å². The van der Waals surface area contributed by atoms with E-state index in [0.717, 1.165) is 60.2 Å². The molecule has 17 bridgehead atoms. The topological polar surface area (TPSA) is 48.1 Å². The summed E-state index contributed by atoms with van der Waals surface area (Å²) in [6.45, 7) is 0. The van der Waals surface area contributed by atoms with E-state index in [1.165, 1.54) is 96.4 Å². The molecule has 52 heavy (non-hydrogen) atoms. The van der Waals surface area contributed by atoms with Crippen LogP contribution in [0.1, 0.15) is 84.7 Å². The van der Waals surface area contributed by atoms with E-state index in [0.29, 0.717) is 11.8 Å². The average Bonchev–Trinajstić information content (AvgIpc) is 3.98. The van der Waals surface area contributed by atoms with Gasteiger partial charge in [0.1, 0.15) is 0 Å². The third-order valence-electron chi connectivity index (χ3n) is 18.8. The maximum absolute atomic E-state index is 4.42. The van der Waals surface area contributed by atoms with Crippen LogP contribution < -0.4 is 21.3 Å². The maximum Gasteiger partial charge on any atom is 0.0730 e. The van der Waals surface area contributed by atoms with Crippen LogP contribution in [0.3, 0.4) is 0 Å². The highest BCUT2D eigenvalue weighted by atomic mass is 15.2. The number of hydrogen-bond acceptors (Lipinski definition) is 4. The third kappa shape index (κ3) is 2.82. The van der Waals surface area contributed by atoms with Crippen molar-refractivity contribution >= 4 is 22.7 Å². The minimum Gasteiger partial charge on any atom is -0.379 e. The molecule has 4 heteroatoms. The minimum atomic E-state index is 0.0197. The quantitative estimate of drug-likeness (QED) is 0.150. The minimum absolute atomic E-state index is 0.0197. The van der Waals surface area contributed by atoms with Crippen molar-refractivity contribution in [1.82, 2.24) is 0 Å². The molecule has 0 amide bonds. The van der Waals surface area contributed by atoms with Gasteiger partial charge in [0, 0.05) is 56.8 Å². The van der Waals surface area contributed by atoms with Crippen molar-refractivity contribution in [2.75, 3.05) is 21.3 Å². The SMILES string of the molecule is c1cc2ccc1Cc1ccc3c(c1)NC14CCC5CC6CC1C3(Nc1ccc(cc1)Cc1ccc3c(c1)C1(N2)C2C7CC8CCC(N3)(C82)C1C7)C6C54. The first kappa shape index (κ1) is 27.7. The van der Waals surface area contributed by atoms with Gasteiger partial charge in [-0.05, 0) is 170 Å².